The summed E-state index contributed by atoms with van der Waals surface area (Å²) >= 11 is 8.84. The summed E-state index contributed by atoms with van der Waals surface area (Å²) in [4.78, 5) is 1.36. The lowest BCUT2D eigenvalue weighted by molar-refractivity contribution is 0.630. The quantitative estimate of drug-likeness (QED) is 0.751. The Hall–Kier alpha value is -0.160. The number of thiophene rings is 1. The molecule has 0 aliphatic carbocycles. The van der Waals surface area contributed by atoms with E-state index in [1.54, 1.807) is 11.3 Å². The predicted octanol–water partition coefficient (Wildman–Crippen LogP) is 5.28. The fourth-order valence-corrected chi connectivity index (χ4v) is 4.02. The molecule has 96 valence electrons. The van der Waals surface area contributed by atoms with Crippen LogP contribution in [0, 0.1) is 6.92 Å². The molecule has 1 heterocycles. The Kier molecular flexibility index (Phi) is 5.01. The standard InChI is InChI=1S/C14H15Br2NS/c1-3-17-14(10-4-6-11(15)7-5-10)12-8-13(16)18-9(12)2/h4-8,14,17H,3H2,1-2H3. The zero-order valence-corrected chi connectivity index (χ0v) is 14.3. The molecule has 1 aromatic carbocycles. The van der Waals surface area contributed by atoms with Gasteiger partial charge in [-0.05, 0) is 58.7 Å². The lowest BCUT2D eigenvalue weighted by atomic mass is 9.99. The fourth-order valence-electron chi connectivity index (χ4n) is 2.01. The minimum absolute atomic E-state index is 0.269. The third-order valence-electron chi connectivity index (χ3n) is 2.85. The van der Waals surface area contributed by atoms with Gasteiger partial charge in [-0.2, -0.15) is 0 Å². The smallest absolute Gasteiger partial charge is 0.0704 e. The van der Waals surface area contributed by atoms with E-state index >= 15 is 0 Å². The van der Waals surface area contributed by atoms with Crippen molar-refractivity contribution < 1.29 is 0 Å². The molecule has 1 N–H and O–H groups in total. The Labute approximate surface area is 129 Å². The summed E-state index contributed by atoms with van der Waals surface area (Å²) in [5.41, 5.74) is 2.66. The highest BCUT2D eigenvalue weighted by Gasteiger charge is 2.17. The molecule has 1 aromatic heterocycles. The SMILES string of the molecule is CCNC(c1ccc(Br)cc1)c1cc(Br)sc1C. The first-order valence-corrected chi connectivity index (χ1v) is 8.26. The van der Waals surface area contributed by atoms with Gasteiger partial charge >= 0.3 is 0 Å². The summed E-state index contributed by atoms with van der Waals surface area (Å²) in [6.07, 6.45) is 0. The van der Waals surface area contributed by atoms with Crippen LogP contribution in [-0.2, 0) is 0 Å². The van der Waals surface area contributed by atoms with Crippen LogP contribution >= 0.6 is 43.2 Å². The lowest BCUT2D eigenvalue weighted by Crippen LogP contribution is -2.22. The molecule has 0 saturated heterocycles. The van der Waals surface area contributed by atoms with E-state index in [0.29, 0.717) is 0 Å². The molecule has 2 aromatic rings. The minimum Gasteiger partial charge on any atom is -0.306 e. The molecule has 1 unspecified atom stereocenters. The fraction of sp³-hybridized carbons (Fsp3) is 0.286. The number of hydrogen-bond donors (Lipinski definition) is 1. The summed E-state index contributed by atoms with van der Waals surface area (Å²) in [7, 11) is 0. The van der Waals surface area contributed by atoms with Gasteiger partial charge in [0.25, 0.3) is 0 Å². The molecule has 0 spiro atoms. The molecule has 0 fully saturated rings. The van der Waals surface area contributed by atoms with Gasteiger partial charge in [-0.25, -0.2) is 0 Å². The van der Waals surface area contributed by atoms with Crippen LogP contribution in [0.3, 0.4) is 0 Å². The molecule has 1 atom stereocenters. The topological polar surface area (TPSA) is 12.0 Å². The largest absolute Gasteiger partial charge is 0.306 e. The normalized spacial score (nSPS) is 12.7. The first-order valence-electron chi connectivity index (χ1n) is 5.86. The maximum atomic E-state index is 3.57. The van der Waals surface area contributed by atoms with Crippen LogP contribution in [0.15, 0.2) is 38.6 Å². The molecule has 4 heteroatoms. The van der Waals surface area contributed by atoms with Gasteiger partial charge in [-0.3, -0.25) is 0 Å². The molecule has 1 nitrogen and oxygen atoms in total. The highest BCUT2D eigenvalue weighted by Crippen LogP contribution is 2.33. The summed E-state index contributed by atoms with van der Waals surface area (Å²) in [5.74, 6) is 0. The molecule has 0 amide bonds. The lowest BCUT2D eigenvalue weighted by Gasteiger charge is -2.18. The first kappa shape index (κ1) is 14.3. The molecule has 0 aliphatic rings. The Bertz CT molecular complexity index is 519. The molecule has 0 aliphatic heterocycles. The molecular formula is C14H15Br2NS. The third kappa shape index (κ3) is 3.23. The van der Waals surface area contributed by atoms with Crippen LogP contribution in [0.25, 0.3) is 0 Å². The highest BCUT2D eigenvalue weighted by molar-refractivity contribution is 9.11. The Morgan fingerprint density at radius 2 is 1.89 bits per heavy atom. The van der Waals surface area contributed by atoms with Crippen LogP contribution in [0.4, 0.5) is 0 Å². The number of aryl methyl sites for hydroxylation is 1. The van der Waals surface area contributed by atoms with Crippen molar-refractivity contribution in [2.24, 2.45) is 0 Å². The Morgan fingerprint density at radius 1 is 1.22 bits per heavy atom. The molecule has 18 heavy (non-hydrogen) atoms. The highest BCUT2D eigenvalue weighted by atomic mass is 79.9. The molecule has 0 bridgehead atoms. The van der Waals surface area contributed by atoms with E-state index in [9.17, 15) is 0 Å². The van der Waals surface area contributed by atoms with Crippen molar-refractivity contribution in [3.63, 3.8) is 0 Å². The zero-order valence-electron chi connectivity index (χ0n) is 10.3. The maximum Gasteiger partial charge on any atom is 0.0704 e. The van der Waals surface area contributed by atoms with Crippen molar-refractivity contribution in [1.29, 1.82) is 0 Å². The van der Waals surface area contributed by atoms with Gasteiger partial charge in [0, 0.05) is 9.35 Å². The number of halogens is 2. The van der Waals surface area contributed by atoms with E-state index < -0.39 is 0 Å². The van der Waals surface area contributed by atoms with Crippen molar-refractivity contribution in [1.82, 2.24) is 5.32 Å². The van der Waals surface area contributed by atoms with Crippen LogP contribution in [-0.4, -0.2) is 6.54 Å². The van der Waals surface area contributed by atoms with Gasteiger partial charge < -0.3 is 5.32 Å². The maximum absolute atomic E-state index is 3.57. The van der Waals surface area contributed by atoms with E-state index in [0.717, 1.165) is 11.0 Å². The molecule has 2 rings (SSSR count). The van der Waals surface area contributed by atoms with Crippen LogP contribution in [0.2, 0.25) is 0 Å². The number of nitrogens with one attached hydrogen (secondary N) is 1. The van der Waals surface area contributed by atoms with Crippen LogP contribution < -0.4 is 5.32 Å². The van der Waals surface area contributed by atoms with Gasteiger partial charge in [0.15, 0.2) is 0 Å². The second-order valence-electron chi connectivity index (χ2n) is 4.10. The van der Waals surface area contributed by atoms with Crippen molar-refractivity contribution in [3.05, 3.63) is 54.6 Å². The molecule has 0 saturated carbocycles. The van der Waals surface area contributed by atoms with E-state index in [4.69, 9.17) is 0 Å². The van der Waals surface area contributed by atoms with E-state index in [2.05, 4.69) is 81.4 Å². The summed E-state index contributed by atoms with van der Waals surface area (Å²) < 4.78 is 2.31. The second-order valence-corrected chi connectivity index (χ2v) is 7.66. The van der Waals surface area contributed by atoms with Crippen LogP contribution in [0.1, 0.15) is 29.0 Å². The average Bonchev–Trinajstić information content (AvgIpc) is 2.67. The summed E-state index contributed by atoms with van der Waals surface area (Å²) in [5, 5.41) is 3.56. The summed E-state index contributed by atoms with van der Waals surface area (Å²) in [6, 6.07) is 11.0. The average molecular weight is 389 g/mol. The van der Waals surface area contributed by atoms with Crippen molar-refractivity contribution in [3.8, 4) is 0 Å². The molecular weight excluding hydrogens is 374 g/mol. The third-order valence-corrected chi connectivity index (χ3v) is 4.95. The van der Waals surface area contributed by atoms with Crippen molar-refractivity contribution in [2.45, 2.75) is 19.9 Å². The number of rotatable bonds is 4. The second kappa shape index (κ2) is 6.33. The first-order chi connectivity index (χ1) is 8.61. The zero-order chi connectivity index (χ0) is 13.1. The van der Waals surface area contributed by atoms with Gasteiger partial charge in [-0.15, -0.1) is 11.3 Å². The van der Waals surface area contributed by atoms with E-state index in [1.165, 1.54) is 19.8 Å². The van der Waals surface area contributed by atoms with Crippen molar-refractivity contribution >= 4 is 43.2 Å². The van der Waals surface area contributed by atoms with Crippen molar-refractivity contribution in [2.75, 3.05) is 6.54 Å². The van der Waals surface area contributed by atoms with Crippen LogP contribution in [0.5, 0.6) is 0 Å². The van der Waals surface area contributed by atoms with Gasteiger partial charge in [-0.1, -0.05) is 35.0 Å². The van der Waals surface area contributed by atoms with Gasteiger partial charge in [0.2, 0.25) is 0 Å². The van der Waals surface area contributed by atoms with E-state index in [-0.39, 0.29) is 6.04 Å². The van der Waals surface area contributed by atoms with E-state index in [1.807, 2.05) is 0 Å². The monoisotopic (exact) mass is 387 g/mol. The van der Waals surface area contributed by atoms with Gasteiger partial charge in [0.05, 0.1) is 9.83 Å². The predicted molar refractivity (Wildman–Crippen MR) is 86.4 cm³/mol. The Morgan fingerprint density at radius 3 is 2.39 bits per heavy atom. The number of hydrogen-bond acceptors (Lipinski definition) is 2. The Balaban J connectivity index is 2.39. The molecule has 0 radical (unpaired) electrons. The van der Waals surface area contributed by atoms with Gasteiger partial charge in [0.1, 0.15) is 0 Å². The number of benzene rings is 1. The minimum atomic E-state index is 0.269. The summed E-state index contributed by atoms with van der Waals surface area (Å²) in [6.45, 7) is 5.27.